The van der Waals surface area contributed by atoms with Crippen molar-refractivity contribution in [3.63, 3.8) is 0 Å². The van der Waals surface area contributed by atoms with E-state index in [1.165, 1.54) is 16.8 Å². The highest BCUT2D eigenvalue weighted by molar-refractivity contribution is 5.86. The van der Waals surface area contributed by atoms with Gasteiger partial charge in [-0.25, -0.2) is 9.78 Å². The van der Waals surface area contributed by atoms with Gasteiger partial charge in [0.15, 0.2) is 11.3 Å². The number of fused-ring (bicyclic) bond motifs is 1. The van der Waals surface area contributed by atoms with Gasteiger partial charge in [0, 0.05) is 5.69 Å². The molecular formula is C8H8N4O2. The van der Waals surface area contributed by atoms with E-state index < -0.39 is 5.97 Å². The van der Waals surface area contributed by atoms with Gasteiger partial charge in [0.1, 0.15) is 0 Å². The monoisotopic (exact) mass is 192 g/mol. The van der Waals surface area contributed by atoms with Crippen molar-refractivity contribution in [3.8, 4) is 0 Å². The second-order valence-electron chi connectivity index (χ2n) is 2.80. The minimum Gasteiger partial charge on any atom is -0.477 e. The number of hydrogen-bond donors (Lipinski definition) is 1. The Bertz CT molecular complexity index is 491. The summed E-state index contributed by atoms with van der Waals surface area (Å²) in [4.78, 5) is 15.0. The van der Waals surface area contributed by atoms with Gasteiger partial charge >= 0.3 is 5.97 Å². The number of nitrogens with zero attached hydrogens (tertiary/aromatic N) is 4. The molecule has 0 saturated heterocycles. The van der Waals surface area contributed by atoms with Crippen molar-refractivity contribution in [3.05, 3.63) is 23.7 Å². The average Bonchev–Trinajstić information content (AvgIpc) is 2.63. The summed E-state index contributed by atoms with van der Waals surface area (Å²) in [5.74, 6) is -1.03. The smallest absolute Gasteiger partial charge is 0.354 e. The minimum absolute atomic E-state index is 0.0874. The molecule has 0 unspecified atom stereocenters. The second kappa shape index (κ2) is 3.06. The Labute approximate surface area is 79.2 Å². The van der Waals surface area contributed by atoms with Crippen LogP contribution in [0.25, 0.3) is 5.65 Å². The zero-order chi connectivity index (χ0) is 10.1. The van der Waals surface area contributed by atoms with Crippen LogP contribution in [0.3, 0.4) is 0 Å². The number of aromatic nitrogens is 4. The zero-order valence-electron chi connectivity index (χ0n) is 7.51. The molecule has 2 aromatic rings. The SMILES string of the molecule is CCc1cc(C(=O)O)n2nncc2n1. The van der Waals surface area contributed by atoms with Gasteiger partial charge in [0.05, 0.1) is 6.20 Å². The molecule has 0 spiro atoms. The summed E-state index contributed by atoms with van der Waals surface area (Å²) < 4.78 is 1.21. The van der Waals surface area contributed by atoms with Gasteiger partial charge in [-0.15, -0.1) is 5.10 Å². The molecule has 0 radical (unpaired) electrons. The van der Waals surface area contributed by atoms with Gasteiger partial charge in [0.25, 0.3) is 0 Å². The predicted molar refractivity (Wildman–Crippen MR) is 47.1 cm³/mol. The molecule has 0 aliphatic heterocycles. The van der Waals surface area contributed by atoms with E-state index in [4.69, 9.17) is 5.11 Å². The summed E-state index contributed by atoms with van der Waals surface area (Å²) >= 11 is 0. The molecule has 72 valence electrons. The molecule has 1 N–H and O–H groups in total. The number of carbonyl (C=O) groups is 1. The fourth-order valence-electron chi connectivity index (χ4n) is 1.21. The van der Waals surface area contributed by atoms with Crippen LogP contribution < -0.4 is 0 Å². The number of aryl methyl sites for hydroxylation is 1. The largest absolute Gasteiger partial charge is 0.477 e. The summed E-state index contributed by atoms with van der Waals surface area (Å²) in [6.07, 6.45) is 2.12. The first-order valence-corrected chi connectivity index (χ1v) is 4.16. The van der Waals surface area contributed by atoms with Crippen LogP contribution in [-0.2, 0) is 6.42 Å². The molecule has 14 heavy (non-hydrogen) atoms. The Morgan fingerprint density at radius 2 is 2.43 bits per heavy atom. The predicted octanol–water partition coefficient (Wildman–Crippen LogP) is 0.385. The van der Waals surface area contributed by atoms with Crippen LogP contribution in [0.5, 0.6) is 0 Å². The highest BCUT2D eigenvalue weighted by Crippen LogP contribution is 2.06. The molecule has 0 aliphatic carbocycles. The van der Waals surface area contributed by atoms with Gasteiger partial charge in [0.2, 0.25) is 0 Å². The van der Waals surface area contributed by atoms with E-state index in [1.807, 2.05) is 6.92 Å². The van der Waals surface area contributed by atoms with Crippen LogP contribution in [0.15, 0.2) is 12.3 Å². The van der Waals surface area contributed by atoms with Gasteiger partial charge in [-0.3, -0.25) is 0 Å². The Morgan fingerprint density at radius 1 is 1.64 bits per heavy atom. The molecule has 0 amide bonds. The lowest BCUT2D eigenvalue weighted by molar-refractivity contribution is 0.0686. The lowest BCUT2D eigenvalue weighted by Crippen LogP contribution is -2.09. The van der Waals surface area contributed by atoms with Crippen LogP contribution in [0.2, 0.25) is 0 Å². The summed E-state index contributed by atoms with van der Waals surface area (Å²) in [7, 11) is 0. The van der Waals surface area contributed by atoms with Crippen molar-refractivity contribution in [2.45, 2.75) is 13.3 Å². The quantitative estimate of drug-likeness (QED) is 0.744. The van der Waals surface area contributed by atoms with Crippen LogP contribution >= 0.6 is 0 Å². The van der Waals surface area contributed by atoms with Crippen molar-refractivity contribution >= 4 is 11.6 Å². The number of rotatable bonds is 2. The number of aromatic carboxylic acids is 1. The van der Waals surface area contributed by atoms with E-state index in [1.54, 1.807) is 0 Å². The third-order valence-electron chi connectivity index (χ3n) is 1.90. The minimum atomic E-state index is -1.03. The first-order chi connectivity index (χ1) is 6.72. The van der Waals surface area contributed by atoms with Crippen LogP contribution in [0.4, 0.5) is 0 Å². The van der Waals surface area contributed by atoms with E-state index in [-0.39, 0.29) is 5.69 Å². The standard InChI is InChI=1S/C8H8N4O2/c1-2-5-3-6(8(13)14)12-7(10-5)4-9-11-12/h3-4H,2H2,1H3,(H,13,14). The molecular weight excluding hydrogens is 184 g/mol. The maximum atomic E-state index is 10.9. The van der Waals surface area contributed by atoms with Crippen molar-refractivity contribution in [2.75, 3.05) is 0 Å². The first-order valence-electron chi connectivity index (χ1n) is 4.16. The normalized spacial score (nSPS) is 10.6. The number of hydrogen-bond acceptors (Lipinski definition) is 4. The maximum absolute atomic E-state index is 10.9. The van der Waals surface area contributed by atoms with Crippen molar-refractivity contribution < 1.29 is 9.90 Å². The second-order valence-corrected chi connectivity index (χ2v) is 2.80. The topological polar surface area (TPSA) is 80.4 Å². The Morgan fingerprint density at radius 3 is 3.07 bits per heavy atom. The molecule has 6 heteroatoms. The maximum Gasteiger partial charge on any atom is 0.354 e. The van der Waals surface area contributed by atoms with Gasteiger partial charge in [-0.05, 0) is 12.5 Å². The fourth-order valence-corrected chi connectivity index (χ4v) is 1.21. The Kier molecular flexibility index (Phi) is 1.88. The molecule has 2 rings (SSSR count). The van der Waals surface area contributed by atoms with E-state index in [2.05, 4.69) is 15.3 Å². The third kappa shape index (κ3) is 1.20. The molecule has 2 heterocycles. The molecule has 0 fully saturated rings. The van der Waals surface area contributed by atoms with E-state index in [0.29, 0.717) is 12.1 Å². The average molecular weight is 192 g/mol. The molecule has 6 nitrogen and oxygen atoms in total. The zero-order valence-corrected chi connectivity index (χ0v) is 7.51. The van der Waals surface area contributed by atoms with E-state index in [9.17, 15) is 4.79 Å². The molecule has 2 aromatic heterocycles. The molecule has 0 saturated carbocycles. The van der Waals surface area contributed by atoms with Crippen molar-refractivity contribution in [1.82, 2.24) is 19.8 Å². The highest BCUT2D eigenvalue weighted by atomic mass is 16.4. The lowest BCUT2D eigenvalue weighted by Gasteiger charge is -2.00. The van der Waals surface area contributed by atoms with Crippen LogP contribution in [0.1, 0.15) is 23.1 Å². The van der Waals surface area contributed by atoms with E-state index >= 15 is 0 Å². The Balaban J connectivity index is 2.76. The molecule has 0 bridgehead atoms. The van der Waals surface area contributed by atoms with Crippen molar-refractivity contribution in [1.29, 1.82) is 0 Å². The van der Waals surface area contributed by atoms with Crippen molar-refractivity contribution in [2.24, 2.45) is 0 Å². The molecule has 0 aliphatic rings. The van der Waals surface area contributed by atoms with Gasteiger partial charge in [-0.1, -0.05) is 12.1 Å². The first kappa shape index (κ1) is 8.61. The fraction of sp³-hybridized carbons (Fsp3) is 0.250. The molecule has 0 aromatic carbocycles. The summed E-state index contributed by atoms with van der Waals surface area (Å²) in [5, 5.41) is 16.2. The third-order valence-corrected chi connectivity index (χ3v) is 1.90. The van der Waals surface area contributed by atoms with Crippen LogP contribution in [0, 0.1) is 0 Å². The van der Waals surface area contributed by atoms with E-state index in [0.717, 1.165) is 5.69 Å². The summed E-state index contributed by atoms with van der Waals surface area (Å²) in [6, 6.07) is 1.50. The van der Waals surface area contributed by atoms with Crippen LogP contribution in [-0.4, -0.2) is 30.9 Å². The van der Waals surface area contributed by atoms with Gasteiger partial charge in [-0.2, -0.15) is 4.52 Å². The highest BCUT2D eigenvalue weighted by Gasteiger charge is 2.11. The number of carboxylic acid groups (broad SMARTS) is 1. The summed E-state index contributed by atoms with van der Waals surface area (Å²) in [5.41, 5.74) is 1.27. The number of carboxylic acids is 1. The summed E-state index contributed by atoms with van der Waals surface area (Å²) in [6.45, 7) is 1.91. The Hall–Kier alpha value is -1.98. The van der Waals surface area contributed by atoms with Gasteiger partial charge < -0.3 is 5.11 Å². The molecule has 0 atom stereocenters. The lowest BCUT2D eigenvalue weighted by atomic mass is 10.2.